The third-order valence-corrected chi connectivity index (χ3v) is 1.64. The molecule has 0 atom stereocenters. The van der Waals surface area contributed by atoms with Crippen LogP contribution in [0.25, 0.3) is 0 Å². The van der Waals surface area contributed by atoms with E-state index in [1.54, 1.807) is 0 Å². The Balaban J connectivity index is 2.36. The molecule has 0 saturated heterocycles. The molecule has 1 rings (SSSR count). The molecule has 0 nitrogen and oxygen atoms in total. The van der Waals surface area contributed by atoms with Crippen molar-refractivity contribution in [3.8, 4) is 0 Å². The lowest BCUT2D eigenvalue weighted by molar-refractivity contribution is -0.126. The van der Waals surface area contributed by atoms with E-state index in [0.29, 0.717) is 12.0 Å². The van der Waals surface area contributed by atoms with Crippen molar-refractivity contribution in [2.75, 3.05) is 0 Å². The minimum Gasteiger partial charge on any atom is -0.171 e. The first-order valence-corrected chi connectivity index (χ1v) is 3.29. The summed E-state index contributed by atoms with van der Waals surface area (Å²) >= 11 is 0. The molecule has 0 N–H and O–H groups in total. The lowest BCUT2D eigenvalue weighted by atomic mass is 10.3. The van der Waals surface area contributed by atoms with Crippen molar-refractivity contribution in [2.45, 2.75) is 32.4 Å². The van der Waals surface area contributed by atoms with E-state index in [0.717, 1.165) is 12.0 Å². The molecule has 10 heavy (non-hydrogen) atoms. The molecule has 0 aromatic carbocycles. The van der Waals surface area contributed by atoms with Crippen molar-refractivity contribution >= 4 is 0 Å². The van der Waals surface area contributed by atoms with Crippen LogP contribution >= 0.6 is 0 Å². The molecule has 0 aliphatic heterocycles. The maximum atomic E-state index is 11.6. The highest BCUT2D eigenvalue weighted by Crippen LogP contribution is 2.41. The smallest absolute Gasteiger partial charge is 0.171 e. The van der Waals surface area contributed by atoms with Gasteiger partial charge >= 0.3 is 6.18 Å². The van der Waals surface area contributed by atoms with Gasteiger partial charge in [-0.3, -0.25) is 0 Å². The van der Waals surface area contributed by atoms with Crippen LogP contribution in [0.1, 0.15) is 26.2 Å². The van der Waals surface area contributed by atoms with Crippen LogP contribution < -0.4 is 0 Å². The van der Waals surface area contributed by atoms with Gasteiger partial charge in [0, 0.05) is 0 Å². The minimum absolute atomic E-state index is 0.606. The summed E-state index contributed by atoms with van der Waals surface area (Å²) in [5.41, 5.74) is 1.60. The zero-order valence-electron chi connectivity index (χ0n) is 5.76. The third kappa shape index (κ3) is 2.05. The normalized spacial score (nSPS) is 18.0. The first kappa shape index (κ1) is 7.63. The van der Waals surface area contributed by atoms with Gasteiger partial charge in [-0.15, -0.1) is 0 Å². The maximum absolute atomic E-state index is 11.6. The van der Waals surface area contributed by atoms with Crippen LogP contribution in [0.15, 0.2) is 11.1 Å². The van der Waals surface area contributed by atoms with Gasteiger partial charge in [0.2, 0.25) is 0 Å². The van der Waals surface area contributed by atoms with Gasteiger partial charge in [0.05, 0.1) is 6.42 Å². The molecule has 0 heterocycles. The number of hydrogen-bond acceptors (Lipinski definition) is 0. The van der Waals surface area contributed by atoms with Crippen LogP contribution in [0.5, 0.6) is 0 Å². The van der Waals surface area contributed by atoms with Gasteiger partial charge in [-0.05, 0) is 12.8 Å². The number of allylic oxidation sites excluding steroid dienone is 2. The van der Waals surface area contributed by atoms with Crippen molar-refractivity contribution in [1.29, 1.82) is 0 Å². The Morgan fingerprint density at radius 1 is 1.30 bits per heavy atom. The van der Waals surface area contributed by atoms with Crippen LogP contribution in [-0.4, -0.2) is 6.18 Å². The van der Waals surface area contributed by atoms with Crippen LogP contribution in [-0.2, 0) is 0 Å². The summed E-state index contributed by atoms with van der Waals surface area (Å²) in [5, 5.41) is 0. The number of rotatable bonds is 2. The predicted molar refractivity (Wildman–Crippen MR) is 32.6 cm³/mol. The maximum Gasteiger partial charge on any atom is 0.392 e. The molecule has 58 valence electrons. The summed E-state index contributed by atoms with van der Waals surface area (Å²) < 4.78 is 34.9. The SMILES string of the molecule is CCC1=C(CC(F)(F)F)C1. The number of halogens is 3. The Morgan fingerprint density at radius 3 is 2.20 bits per heavy atom. The average Bonchev–Trinajstić information content (AvgIpc) is 2.42. The molecule has 0 spiro atoms. The second-order valence-corrected chi connectivity index (χ2v) is 2.53. The van der Waals surface area contributed by atoms with Crippen LogP contribution in [0.2, 0.25) is 0 Å². The molecular weight excluding hydrogens is 141 g/mol. The Labute approximate surface area is 57.7 Å². The van der Waals surface area contributed by atoms with Crippen molar-refractivity contribution in [3.05, 3.63) is 11.1 Å². The molecule has 1 aliphatic rings. The number of alkyl halides is 3. The zero-order valence-corrected chi connectivity index (χ0v) is 5.76. The molecule has 0 fully saturated rings. The lowest BCUT2D eigenvalue weighted by Crippen LogP contribution is -2.05. The van der Waals surface area contributed by atoms with Crippen LogP contribution in [0.4, 0.5) is 13.2 Å². The van der Waals surface area contributed by atoms with E-state index in [-0.39, 0.29) is 0 Å². The van der Waals surface area contributed by atoms with E-state index in [1.165, 1.54) is 0 Å². The van der Waals surface area contributed by atoms with Crippen molar-refractivity contribution in [3.63, 3.8) is 0 Å². The first-order valence-electron chi connectivity index (χ1n) is 3.29. The first-order chi connectivity index (χ1) is 4.53. The number of hydrogen-bond donors (Lipinski definition) is 0. The molecule has 0 radical (unpaired) electrons. The van der Waals surface area contributed by atoms with E-state index in [1.807, 2.05) is 6.92 Å². The van der Waals surface area contributed by atoms with E-state index in [4.69, 9.17) is 0 Å². The van der Waals surface area contributed by atoms with Gasteiger partial charge in [0.1, 0.15) is 0 Å². The summed E-state index contributed by atoms with van der Waals surface area (Å²) in [6.45, 7) is 1.89. The molecule has 0 saturated carbocycles. The molecule has 0 unspecified atom stereocenters. The quantitative estimate of drug-likeness (QED) is 0.530. The molecule has 3 heteroatoms. The highest BCUT2D eigenvalue weighted by Gasteiger charge is 2.34. The summed E-state index contributed by atoms with van der Waals surface area (Å²) in [6.07, 6.45) is -3.27. The van der Waals surface area contributed by atoms with E-state index < -0.39 is 12.6 Å². The summed E-state index contributed by atoms with van der Waals surface area (Å²) in [4.78, 5) is 0. The molecular formula is C7H9F3. The van der Waals surface area contributed by atoms with Gasteiger partial charge in [0.15, 0.2) is 0 Å². The fraction of sp³-hybridized carbons (Fsp3) is 0.714. The lowest BCUT2D eigenvalue weighted by Gasteiger charge is -2.00. The standard InChI is InChI=1S/C7H9F3/c1-2-5-3-6(5)4-7(8,9)10/h2-4H2,1H3. The molecule has 0 amide bonds. The van der Waals surface area contributed by atoms with E-state index in [2.05, 4.69) is 0 Å². The van der Waals surface area contributed by atoms with Crippen molar-refractivity contribution in [2.24, 2.45) is 0 Å². The summed E-state index contributed by atoms with van der Waals surface area (Å²) in [6, 6.07) is 0. The largest absolute Gasteiger partial charge is 0.392 e. The fourth-order valence-corrected chi connectivity index (χ4v) is 1.02. The highest BCUT2D eigenvalue weighted by molar-refractivity contribution is 5.34. The van der Waals surface area contributed by atoms with Crippen LogP contribution in [0.3, 0.4) is 0 Å². The monoisotopic (exact) mass is 150 g/mol. The summed E-state index contributed by atoms with van der Waals surface area (Å²) in [7, 11) is 0. The Hall–Kier alpha value is -0.470. The predicted octanol–water partition coefficient (Wildman–Crippen LogP) is 3.05. The fourth-order valence-electron chi connectivity index (χ4n) is 1.02. The minimum atomic E-state index is -3.99. The molecule has 0 aromatic rings. The Morgan fingerprint density at radius 2 is 1.90 bits per heavy atom. The highest BCUT2D eigenvalue weighted by atomic mass is 19.4. The summed E-state index contributed by atoms with van der Waals surface area (Å²) in [5.74, 6) is 0. The average molecular weight is 150 g/mol. The molecule has 0 bridgehead atoms. The van der Waals surface area contributed by atoms with Crippen molar-refractivity contribution < 1.29 is 13.2 Å². The molecule has 1 aliphatic carbocycles. The zero-order chi connectivity index (χ0) is 7.78. The second-order valence-electron chi connectivity index (χ2n) is 2.53. The van der Waals surface area contributed by atoms with Gasteiger partial charge in [-0.2, -0.15) is 13.2 Å². The second kappa shape index (κ2) is 2.29. The van der Waals surface area contributed by atoms with Gasteiger partial charge in [-0.1, -0.05) is 18.1 Å². The Kier molecular flexibility index (Phi) is 1.75. The molecule has 0 aromatic heterocycles. The Bertz CT molecular complexity index is 164. The van der Waals surface area contributed by atoms with Crippen LogP contribution in [0, 0.1) is 0 Å². The van der Waals surface area contributed by atoms with Gasteiger partial charge in [0.25, 0.3) is 0 Å². The van der Waals surface area contributed by atoms with Gasteiger partial charge in [-0.25, -0.2) is 0 Å². The van der Waals surface area contributed by atoms with E-state index >= 15 is 0 Å². The van der Waals surface area contributed by atoms with Crippen molar-refractivity contribution in [1.82, 2.24) is 0 Å². The van der Waals surface area contributed by atoms with Gasteiger partial charge < -0.3 is 0 Å². The van der Waals surface area contributed by atoms with E-state index in [9.17, 15) is 13.2 Å². The topological polar surface area (TPSA) is 0 Å². The third-order valence-electron chi connectivity index (χ3n) is 1.64.